The number of benzene rings is 1. The Morgan fingerprint density at radius 1 is 1.24 bits per heavy atom. The molecule has 180 valence electrons. The molecule has 1 amide bonds. The van der Waals surface area contributed by atoms with Crippen LogP contribution in [0.25, 0.3) is 11.1 Å². The van der Waals surface area contributed by atoms with Crippen molar-refractivity contribution in [3.8, 4) is 11.1 Å². The number of ether oxygens (including phenoxy) is 1. The normalized spacial score (nSPS) is 16.5. The maximum Gasteiger partial charge on any atom is 0.222 e. The maximum atomic E-state index is 15.1. The van der Waals surface area contributed by atoms with Crippen LogP contribution < -0.4 is 5.32 Å². The maximum absolute atomic E-state index is 15.1. The Labute approximate surface area is 196 Å². The largest absolute Gasteiger partial charge is 0.381 e. The quantitative estimate of drug-likeness (QED) is 0.611. The van der Waals surface area contributed by atoms with Crippen molar-refractivity contribution in [3.63, 3.8) is 0 Å². The monoisotopic (exact) mass is 470 g/mol. The molecule has 2 aliphatic heterocycles. The van der Waals surface area contributed by atoms with Gasteiger partial charge >= 0.3 is 0 Å². The highest BCUT2D eigenvalue weighted by atomic mass is 19.1. The molecule has 1 saturated heterocycles. The molecule has 0 unspecified atom stereocenters. The summed E-state index contributed by atoms with van der Waals surface area (Å²) in [6.45, 7) is 4.18. The van der Waals surface area contributed by atoms with Gasteiger partial charge in [-0.05, 0) is 18.9 Å². The summed E-state index contributed by atoms with van der Waals surface area (Å²) in [5.41, 5.74) is 2.55. The number of anilines is 2. The Morgan fingerprint density at radius 2 is 2.03 bits per heavy atom. The van der Waals surface area contributed by atoms with Crippen LogP contribution in [0.15, 0.2) is 24.5 Å². The molecule has 1 N–H and O–H groups in total. The number of carbonyl (C=O) groups excluding carboxylic acids is 1. The van der Waals surface area contributed by atoms with E-state index in [9.17, 15) is 9.18 Å². The van der Waals surface area contributed by atoms with Gasteiger partial charge in [-0.3, -0.25) is 14.2 Å². The van der Waals surface area contributed by atoms with Crippen LogP contribution in [0.4, 0.5) is 20.3 Å². The van der Waals surface area contributed by atoms with Gasteiger partial charge in [-0.15, -0.1) is 0 Å². The summed E-state index contributed by atoms with van der Waals surface area (Å²) in [6, 6.07) is 2.50. The molecular weight excluding hydrogens is 442 g/mol. The number of aryl methyl sites for hydroxylation is 1. The van der Waals surface area contributed by atoms with E-state index in [1.807, 2.05) is 11.6 Å². The molecule has 0 bridgehead atoms. The van der Waals surface area contributed by atoms with E-state index in [2.05, 4.69) is 10.4 Å². The molecule has 1 aromatic carbocycles. The van der Waals surface area contributed by atoms with Crippen molar-refractivity contribution >= 4 is 17.4 Å². The minimum absolute atomic E-state index is 0.00325. The zero-order valence-corrected chi connectivity index (χ0v) is 19.4. The Morgan fingerprint density at radius 3 is 2.74 bits per heavy atom. The molecule has 5 rings (SSSR count). The van der Waals surface area contributed by atoms with Gasteiger partial charge in [-0.25, -0.2) is 8.78 Å². The number of nitrogens with zero attached hydrogens (tertiary/aromatic N) is 5. The number of nitrogens with one attached hydrogen (secondary N) is 1. The SMILES string of the molecule is CCC(=O)N1CCc2c(c(Nc3cc(F)c(-c4cnn(C)c4)cc3F)nn2C2CCOCC2)C1. The van der Waals surface area contributed by atoms with E-state index in [0.29, 0.717) is 50.5 Å². The molecule has 0 spiro atoms. The van der Waals surface area contributed by atoms with E-state index in [0.717, 1.165) is 30.2 Å². The molecule has 0 atom stereocenters. The first-order valence-corrected chi connectivity index (χ1v) is 11.7. The van der Waals surface area contributed by atoms with Gasteiger partial charge in [0.05, 0.1) is 24.5 Å². The molecule has 34 heavy (non-hydrogen) atoms. The van der Waals surface area contributed by atoms with Crippen LogP contribution in [0.1, 0.15) is 43.5 Å². The topological polar surface area (TPSA) is 77.2 Å². The third-order valence-electron chi connectivity index (χ3n) is 6.60. The minimum Gasteiger partial charge on any atom is -0.381 e. The summed E-state index contributed by atoms with van der Waals surface area (Å²) in [6.07, 6.45) is 5.90. The standard InChI is InChI=1S/C24H28F2N6O2/c1-3-23(33)31-7-4-22-18(14-31)24(29-32(22)16-5-8-34-9-6-16)28-21-11-19(25)17(10-20(21)26)15-12-27-30(2)13-15/h10-13,16H,3-9,14H2,1-2H3,(H,28,29). The zero-order chi connectivity index (χ0) is 23.8. The van der Waals surface area contributed by atoms with Crippen molar-refractivity contribution in [1.29, 1.82) is 0 Å². The predicted molar refractivity (Wildman–Crippen MR) is 123 cm³/mol. The lowest BCUT2D eigenvalue weighted by Gasteiger charge is -2.30. The number of halogens is 2. The summed E-state index contributed by atoms with van der Waals surface area (Å²) in [7, 11) is 1.72. The Balaban J connectivity index is 1.50. The second kappa shape index (κ2) is 9.17. The van der Waals surface area contributed by atoms with E-state index in [1.165, 1.54) is 16.9 Å². The number of carbonyl (C=O) groups is 1. The molecule has 4 heterocycles. The molecule has 0 radical (unpaired) electrons. The summed E-state index contributed by atoms with van der Waals surface area (Å²) in [5, 5.41) is 11.9. The highest BCUT2D eigenvalue weighted by molar-refractivity contribution is 5.77. The van der Waals surface area contributed by atoms with Gasteiger partial charge in [-0.1, -0.05) is 6.92 Å². The lowest BCUT2D eigenvalue weighted by Crippen LogP contribution is -2.36. The number of hydrogen-bond donors (Lipinski definition) is 1. The third-order valence-corrected chi connectivity index (χ3v) is 6.60. The Hall–Kier alpha value is -3.27. The molecule has 1 fully saturated rings. The third kappa shape index (κ3) is 4.18. The van der Waals surface area contributed by atoms with Crippen molar-refractivity contribution in [2.75, 3.05) is 25.1 Å². The average molecular weight is 471 g/mol. The predicted octanol–water partition coefficient (Wildman–Crippen LogP) is 3.95. The van der Waals surface area contributed by atoms with Crippen molar-refractivity contribution in [2.24, 2.45) is 7.05 Å². The lowest BCUT2D eigenvalue weighted by atomic mass is 10.0. The van der Waals surface area contributed by atoms with Crippen molar-refractivity contribution < 1.29 is 18.3 Å². The number of aromatic nitrogens is 4. The van der Waals surface area contributed by atoms with Gasteiger partial charge in [0.2, 0.25) is 5.91 Å². The minimum atomic E-state index is -0.591. The van der Waals surface area contributed by atoms with Crippen LogP contribution >= 0.6 is 0 Å². The number of amides is 1. The van der Waals surface area contributed by atoms with E-state index < -0.39 is 11.6 Å². The van der Waals surface area contributed by atoms with Gasteiger partial charge in [0.25, 0.3) is 0 Å². The second-order valence-corrected chi connectivity index (χ2v) is 8.82. The molecule has 8 nitrogen and oxygen atoms in total. The van der Waals surface area contributed by atoms with E-state index >= 15 is 4.39 Å². The number of hydrogen-bond acceptors (Lipinski definition) is 5. The first-order valence-electron chi connectivity index (χ1n) is 11.7. The Kier molecular flexibility index (Phi) is 6.07. The fourth-order valence-electron chi connectivity index (χ4n) is 4.77. The zero-order valence-electron chi connectivity index (χ0n) is 19.4. The average Bonchev–Trinajstić information content (AvgIpc) is 3.44. The van der Waals surface area contributed by atoms with E-state index in [1.54, 1.807) is 18.1 Å². The van der Waals surface area contributed by atoms with Crippen LogP contribution in [0.5, 0.6) is 0 Å². The Bertz CT molecular complexity index is 1210. The smallest absolute Gasteiger partial charge is 0.222 e. The van der Waals surface area contributed by atoms with Gasteiger partial charge in [-0.2, -0.15) is 10.2 Å². The van der Waals surface area contributed by atoms with E-state index in [4.69, 9.17) is 9.84 Å². The van der Waals surface area contributed by atoms with Gasteiger partial charge in [0.1, 0.15) is 11.6 Å². The summed E-state index contributed by atoms with van der Waals surface area (Å²) >= 11 is 0. The molecular formula is C24H28F2N6O2. The van der Waals surface area contributed by atoms with Crippen molar-refractivity contribution in [3.05, 3.63) is 47.4 Å². The highest BCUT2D eigenvalue weighted by Crippen LogP contribution is 2.35. The van der Waals surface area contributed by atoms with Gasteiger partial charge < -0.3 is 15.0 Å². The molecule has 10 heteroatoms. The number of fused-ring (bicyclic) bond motifs is 1. The lowest BCUT2D eigenvalue weighted by molar-refractivity contribution is -0.131. The molecule has 0 aliphatic carbocycles. The molecule has 3 aromatic rings. The summed E-state index contributed by atoms with van der Waals surface area (Å²) < 4.78 is 39.1. The highest BCUT2D eigenvalue weighted by Gasteiger charge is 2.30. The van der Waals surface area contributed by atoms with Crippen LogP contribution in [0, 0.1) is 11.6 Å². The molecule has 0 saturated carbocycles. The second-order valence-electron chi connectivity index (χ2n) is 8.82. The van der Waals surface area contributed by atoms with Crippen LogP contribution in [-0.4, -0.2) is 50.1 Å². The van der Waals surface area contributed by atoms with Crippen LogP contribution in [-0.2, 0) is 29.5 Å². The van der Waals surface area contributed by atoms with Gasteiger partial charge in [0, 0.05) is 74.3 Å². The molecule has 2 aromatic heterocycles. The van der Waals surface area contributed by atoms with Crippen molar-refractivity contribution in [1.82, 2.24) is 24.5 Å². The first-order chi connectivity index (χ1) is 16.4. The van der Waals surface area contributed by atoms with Crippen molar-refractivity contribution in [2.45, 2.75) is 45.2 Å². The van der Waals surface area contributed by atoms with Crippen LogP contribution in [0.2, 0.25) is 0 Å². The first kappa shape index (κ1) is 22.5. The number of rotatable bonds is 5. The molecule has 2 aliphatic rings. The van der Waals surface area contributed by atoms with Gasteiger partial charge in [0.15, 0.2) is 5.82 Å². The fourth-order valence-corrected chi connectivity index (χ4v) is 4.77. The fraction of sp³-hybridized carbons (Fsp3) is 0.458. The summed E-state index contributed by atoms with van der Waals surface area (Å²) in [5.74, 6) is -0.625. The van der Waals surface area contributed by atoms with E-state index in [-0.39, 0.29) is 23.2 Å². The van der Waals surface area contributed by atoms with Crippen LogP contribution in [0.3, 0.4) is 0 Å². The summed E-state index contributed by atoms with van der Waals surface area (Å²) in [4.78, 5) is 14.2.